The highest BCUT2D eigenvalue weighted by Crippen LogP contribution is 2.37. The monoisotopic (exact) mass is 576 g/mol. The summed E-state index contributed by atoms with van der Waals surface area (Å²) in [7, 11) is 1.57. The molecule has 0 aromatic heterocycles. The van der Waals surface area contributed by atoms with Crippen molar-refractivity contribution in [2.24, 2.45) is 0 Å². The van der Waals surface area contributed by atoms with E-state index < -0.39 is 22.5 Å². The smallest absolute Gasteiger partial charge is 0.265 e. The molecule has 0 radical (unpaired) electrons. The highest BCUT2D eigenvalue weighted by atomic mass is 35.5. The van der Waals surface area contributed by atoms with E-state index in [0.29, 0.717) is 12.2 Å². The quantitative estimate of drug-likeness (QED) is 0.318. The topological polar surface area (TPSA) is 103 Å². The largest absolute Gasteiger partial charge is 0.496 e. The van der Waals surface area contributed by atoms with Crippen LogP contribution in [0.1, 0.15) is 30.5 Å². The minimum absolute atomic E-state index is 0.104. The highest BCUT2D eigenvalue weighted by molar-refractivity contribution is 7.92. The molecule has 0 saturated heterocycles. The SMILES string of the molecule is CC[C@H](NC(=O)CN(c1cc(Cl)ccc1OC)S(=O)(=O)c1ccc(OC)c(OC)c1)c1ccc(OC)c(C)c1. The predicted molar refractivity (Wildman–Crippen MR) is 151 cm³/mol. The Labute approximate surface area is 234 Å². The van der Waals surface area contributed by atoms with Crippen molar-refractivity contribution in [3.63, 3.8) is 0 Å². The molecule has 3 aromatic carbocycles. The van der Waals surface area contributed by atoms with Crippen LogP contribution in [-0.4, -0.2) is 49.3 Å². The number of halogens is 1. The fourth-order valence-electron chi connectivity index (χ4n) is 4.17. The highest BCUT2D eigenvalue weighted by Gasteiger charge is 2.31. The van der Waals surface area contributed by atoms with Gasteiger partial charge < -0.3 is 24.3 Å². The van der Waals surface area contributed by atoms with Gasteiger partial charge in [0.25, 0.3) is 10.0 Å². The van der Waals surface area contributed by atoms with Gasteiger partial charge in [0.05, 0.1) is 45.1 Å². The van der Waals surface area contributed by atoms with Crippen LogP contribution in [0, 0.1) is 6.92 Å². The van der Waals surface area contributed by atoms with E-state index in [1.54, 1.807) is 19.2 Å². The van der Waals surface area contributed by atoms with Crippen molar-refractivity contribution < 1.29 is 32.2 Å². The number of nitrogens with zero attached hydrogens (tertiary/aromatic N) is 1. The van der Waals surface area contributed by atoms with E-state index in [4.69, 9.17) is 30.5 Å². The summed E-state index contributed by atoms with van der Waals surface area (Å²) in [6, 6.07) is 14.1. The van der Waals surface area contributed by atoms with Gasteiger partial charge in [0.2, 0.25) is 5.91 Å². The molecule has 0 unspecified atom stereocenters. The average molecular weight is 577 g/mol. The molecule has 0 spiro atoms. The maximum absolute atomic E-state index is 14.0. The lowest BCUT2D eigenvalue weighted by atomic mass is 10.0. The molecule has 0 aliphatic rings. The lowest BCUT2D eigenvalue weighted by Gasteiger charge is -2.27. The van der Waals surface area contributed by atoms with Crippen LogP contribution in [0.25, 0.3) is 0 Å². The summed E-state index contributed by atoms with van der Waals surface area (Å²) in [5.74, 6) is 1.04. The summed E-state index contributed by atoms with van der Waals surface area (Å²) in [6.07, 6.45) is 0.584. The summed E-state index contributed by atoms with van der Waals surface area (Å²) < 4.78 is 50.3. The molecule has 39 heavy (non-hydrogen) atoms. The van der Waals surface area contributed by atoms with E-state index in [1.165, 1.54) is 45.6 Å². The average Bonchev–Trinajstić information content (AvgIpc) is 2.93. The van der Waals surface area contributed by atoms with Gasteiger partial charge in [-0.05, 0) is 60.9 Å². The van der Waals surface area contributed by atoms with Gasteiger partial charge in [-0.25, -0.2) is 8.42 Å². The van der Waals surface area contributed by atoms with Gasteiger partial charge in [0.15, 0.2) is 11.5 Å². The predicted octanol–water partition coefficient (Wildman–Crippen LogP) is 5.15. The van der Waals surface area contributed by atoms with Crippen LogP contribution in [0.3, 0.4) is 0 Å². The van der Waals surface area contributed by atoms with Crippen molar-refractivity contribution in [1.29, 1.82) is 0 Å². The lowest BCUT2D eigenvalue weighted by molar-refractivity contribution is -0.120. The Bertz CT molecular complexity index is 1430. The van der Waals surface area contributed by atoms with Crippen LogP contribution in [0.5, 0.6) is 23.0 Å². The van der Waals surface area contributed by atoms with Crippen molar-refractivity contribution in [2.75, 3.05) is 39.3 Å². The van der Waals surface area contributed by atoms with Crippen LogP contribution in [-0.2, 0) is 14.8 Å². The van der Waals surface area contributed by atoms with Gasteiger partial charge >= 0.3 is 0 Å². The Morgan fingerprint density at radius 3 is 2.08 bits per heavy atom. The van der Waals surface area contributed by atoms with Gasteiger partial charge in [-0.2, -0.15) is 0 Å². The molecule has 11 heteroatoms. The first-order chi connectivity index (χ1) is 18.6. The zero-order valence-electron chi connectivity index (χ0n) is 22.8. The molecule has 3 rings (SSSR count). The first kappa shape index (κ1) is 29.9. The van der Waals surface area contributed by atoms with Gasteiger partial charge in [0.1, 0.15) is 18.0 Å². The Balaban J connectivity index is 2.03. The zero-order chi connectivity index (χ0) is 28.7. The van der Waals surface area contributed by atoms with Crippen LogP contribution in [0.15, 0.2) is 59.5 Å². The number of anilines is 1. The number of amides is 1. The summed E-state index contributed by atoms with van der Waals surface area (Å²) in [6.45, 7) is 3.32. The first-order valence-corrected chi connectivity index (χ1v) is 13.9. The fourth-order valence-corrected chi connectivity index (χ4v) is 5.78. The number of hydrogen-bond acceptors (Lipinski definition) is 7. The second-order valence-corrected chi connectivity index (χ2v) is 10.9. The van der Waals surface area contributed by atoms with E-state index >= 15 is 0 Å². The molecule has 0 saturated carbocycles. The molecule has 0 fully saturated rings. The molecule has 0 heterocycles. The standard InChI is InChI=1S/C28H33ClN2O7S/c1-7-22(19-8-11-24(35-3)18(2)14-19)30-28(32)17-31(23-15-20(29)9-12-25(23)36-4)39(33,34)21-10-13-26(37-5)27(16-21)38-6/h8-16,22H,7,17H2,1-6H3,(H,30,32)/t22-/m0/s1. The lowest BCUT2D eigenvalue weighted by Crippen LogP contribution is -2.42. The molecular weight excluding hydrogens is 544 g/mol. The van der Waals surface area contributed by atoms with Crippen molar-refractivity contribution >= 4 is 33.2 Å². The first-order valence-electron chi connectivity index (χ1n) is 12.1. The van der Waals surface area contributed by atoms with Crippen molar-refractivity contribution in [3.05, 3.63) is 70.7 Å². The summed E-state index contributed by atoms with van der Waals surface area (Å²) in [4.78, 5) is 13.3. The van der Waals surface area contributed by atoms with Crippen LogP contribution >= 0.6 is 11.6 Å². The van der Waals surface area contributed by atoms with Crippen molar-refractivity contribution in [2.45, 2.75) is 31.2 Å². The number of ether oxygens (including phenoxy) is 4. The van der Waals surface area contributed by atoms with E-state index in [2.05, 4.69) is 5.32 Å². The Kier molecular flexibility index (Phi) is 9.93. The van der Waals surface area contributed by atoms with E-state index in [9.17, 15) is 13.2 Å². The maximum Gasteiger partial charge on any atom is 0.265 e. The second kappa shape index (κ2) is 12.9. The number of rotatable bonds is 12. The van der Waals surface area contributed by atoms with Gasteiger partial charge in [-0.3, -0.25) is 9.10 Å². The minimum atomic E-state index is -4.30. The zero-order valence-corrected chi connectivity index (χ0v) is 24.4. The molecule has 3 aromatic rings. The Morgan fingerprint density at radius 1 is 0.872 bits per heavy atom. The molecule has 9 nitrogen and oxygen atoms in total. The molecule has 1 atom stereocenters. The fraction of sp³-hybridized carbons (Fsp3) is 0.321. The van der Waals surface area contributed by atoms with E-state index in [0.717, 1.165) is 21.2 Å². The maximum atomic E-state index is 14.0. The third-order valence-electron chi connectivity index (χ3n) is 6.20. The van der Waals surface area contributed by atoms with E-state index in [1.807, 2.05) is 32.0 Å². The molecule has 1 amide bonds. The number of carbonyl (C=O) groups excluding carboxylic acids is 1. The molecular formula is C28H33ClN2O7S. The number of aryl methyl sites for hydroxylation is 1. The molecule has 0 aliphatic heterocycles. The molecule has 210 valence electrons. The summed E-state index contributed by atoms with van der Waals surface area (Å²) >= 11 is 6.24. The number of carbonyl (C=O) groups is 1. The number of methoxy groups -OCH3 is 4. The van der Waals surface area contributed by atoms with Crippen LogP contribution in [0.4, 0.5) is 5.69 Å². The third-order valence-corrected chi connectivity index (χ3v) is 8.20. The number of hydrogen-bond donors (Lipinski definition) is 1. The van der Waals surface area contributed by atoms with E-state index in [-0.39, 0.29) is 33.1 Å². The molecule has 0 bridgehead atoms. The van der Waals surface area contributed by atoms with Crippen LogP contribution < -0.4 is 28.6 Å². The third kappa shape index (κ3) is 6.69. The normalized spacial score (nSPS) is 11.9. The molecule has 0 aliphatic carbocycles. The second-order valence-electron chi connectivity index (χ2n) is 8.60. The Hall–Kier alpha value is -3.63. The summed E-state index contributed by atoms with van der Waals surface area (Å²) in [5.41, 5.74) is 1.91. The number of sulfonamides is 1. The summed E-state index contributed by atoms with van der Waals surface area (Å²) in [5, 5.41) is 3.24. The van der Waals surface area contributed by atoms with Gasteiger partial charge in [-0.1, -0.05) is 30.7 Å². The van der Waals surface area contributed by atoms with Crippen LogP contribution in [0.2, 0.25) is 5.02 Å². The minimum Gasteiger partial charge on any atom is -0.496 e. The number of benzene rings is 3. The van der Waals surface area contributed by atoms with Gasteiger partial charge in [0, 0.05) is 11.1 Å². The van der Waals surface area contributed by atoms with Crippen molar-refractivity contribution in [1.82, 2.24) is 5.32 Å². The van der Waals surface area contributed by atoms with Gasteiger partial charge in [-0.15, -0.1) is 0 Å². The Morgan fingerprint density at radius 2 is 1.49 bits per heavy atom. The molecule has 1 N–H and O–H groups in total. The number of nitrogens with one attached hydrogen (secondary N) is 1. The van der Waals surface area contributed by atoms with Crippen molar-refractivity contribution in [3.8, 4) is 23.0 Å².